The van der Waals surface area contributed by atoms with E-state index in [9.17, 15) is 9.90 Å². The number of rotatable bonds is 4. The molecule has 6 nitrogen and oxygen atoms in total. The van der Waals surface area contributed by atoms with Crippen molar-refractivity contribution in [1.29, 1.82) is 0 Å². The number of H-pyrrole nitrogens is 1. The number of aliphatic hydroxyl groups excluding tert-OH is 1. The van der Waals surface area contributed by atoms with Crippen molar-refractivity contribution in [2.24, 2.45) is 0 Å². The van der Waals surface area contributed by atoms with Crippen LogP contribution in [0.25, 0.3) is 22.9 Å². The van der Waals surface area contributed by atoms with Gasteiger partial charge in [0.05, 0.1) is 30.8 Å². The number of aromatic amines is 1. The second kappa shape index (κ2) is 6.45. The third-order valence-electron chi connectivity index (χ3n) is 3.58. The Balaban J connectivity index is 2.11. The lowest BCUT2D eigenvalue weighted by atomic mass is 10.1. The summed E-state index contributed by atoms with van der Waals surface area (Å²) in [5, 5.41) is 10.4. The standard InChI is InChI=1S/C18H16N2O4/c1-23-11-7-8-17(24-2)12(9-11)16(21)10-15-18(22)20-14-6-4-3-5-13(14)19-15/h3-10,21H,1-2H3,(H,20,22)/b16-10-. The Morgan fingerprint density at radius 3 is 2.71 bits per heavy atom. The highest BCUT2D eigenvalue weighted by atomic mass is 16.5. The van der Waals surface area contributed by atoms with Gasteiger partial charge in [0.2, 0.25) is 0 Å². The largest absolute Gasteiger partial charge is 0.507 e. The van der Waals surface area contributed by atoms with Crippen LogP contribution in [0.2, 0.25) is 0 Å². The van der Waals surface area contributed by atoms with Gasteiger partial charge < -0.3 is 19.6 Å². The van der Waals surface area contributed by atoms with E-state index in [0.717, 1.165) is 0 Å². The molecule has 0 bridgehead atoms. The molecule has 2 aromatic carbocycles. The second-order valence-corrected chi connectivity index (χ2v) is 5.06. The van der Waals surface area contributed by atoms with Crippen molar-refractivity contribution in [2.45, 2.75) is 0 Å². The molecule has 0 unspecified atom stereocenters. The van der Waals surface area contributed by atoms with Crippen LogP contribution >= 0.6 is 0 Å². The fourth-order valence-corrected chi connectivity index (χ4v) is 2.36. The van der Waals surface area contributed by atoms with E-state index >= 15 is 0 Å². The maximum absolute atomic E-state index is 12.1. The molecule has 2 N–H and O–H groups in total. The van der Waals surface area contributed by atoms with Crippen LogP contribution < -0.4 is 15.0 Å². The predicted molar refractivity (Wildman–Crippen MR) is 92.4 cm³/mol. The molecule has 1 aromatic heterocycles. The highest BCUT2D eigenvalue weighted by Gasteiger charge is 2.11. The van der Waals surface area contributed by atoms with Crippen LogP contribution in [0.4, 0.5) is 0 Å². The van der Waals surface area contributed by atoms with Gasteiger partial charge in [0.1, 0.15) is 23.0 Å². The lowest BCUT2D eigenvalue weighted by Gasteiger charge is -2.09. The Bertz CT molecular complexity index is 976. The molecule has 0 radical (unpaired) electrons. The first-order valence-electron chi connectivity index (χ1n) is 7.24. The number of hydrogen-bond donors (Lipinski definition) is 2. The number of fused-ring (bicyclic) bond motifs is 1. The number of methoxy groups -OCH3 is 2. The Hall–Kier alpha value is -3.28. The summed E-state index contributed by atoms with van der Waals surface area (Å²) in [5.74, 6) is 0.881. The Labute approximate surface area is 138 Å². The second-order valence-electron chi connectivity index (χ2n) is 5.06. The van der Waals surface area contributed by atoms with Gasteiger partial charge in [-0.25, -0.2) is 4.98 Å². The van der Waals surface area contributed by atoms with Crippen molar-refractivity contribution in [3.8, 4) is 11.5 Å². The minimum atomic E-state index is -0.387. The maximum atomic E-state index is 12.1. The number of nitrogens with one attached hydrogen (secondary N) is 1. The van der Waals surface area contributed by atoms with E-state index < -0.39 is 0 Å². The molecule has 0 saturated heterocycles. The van der Waals surface area contributed by atoms with Gasteiger partial charge in [-0.1, -0.05) is 12.1 Å². The summed E-state index contributed by atoms with van der Waals surface area (Å²) in [6.07, 6.45) is 1.31. The molecule has 0 atom stereocenters. The van der Waals surface area contributed by atoms with Crippen LogP contribution in [-0.4, -0.2) is 29.3 Å². The fourth-order valence-electron chi connectivity index (χ4n) is 2.36. The van der Waals surface area contributed by atoms with Crippen molar-refractivity contribution in [3.05, 3.63) is 64.1 Å². The van der Waals surface area contributed by atoms with Crippen LogP contribution in [0.15, 0.2) is 47.3 Å². The first kappa shape index (κ1) is 15.6. The molecule has 1 heterocycles. The Morgan fingerprint density at radius 1 is 1.17 bits per heavy atom. The average molecular weight is 324 g/mol. The topological polar surface area (TPSA) is 84.4 Å². The zero-order valence-electron chi connectivity index (χ0n) is 13.2. The average Bonchev–Trinajstić information content (AvgIpc) is 2.61. The van der Waals surface area contributed by atoms with Gasteiger partial charge in [-0.2, -0.15) is 0 Å². The van der Waals surface area contributed by atoms with E-state index in [1.54, 1.807) is 30.3 Å². The molecule has 0 fully saturated rings. The third kappa shape index (κ3) is 2.94. The maximum Gasteiger partial charge on any atom is 0.274 e. The van der Waals surface area contributed by atoms with Crippen LogP contribution in [-0.2, 0) is 0 Å². The van der Waals surface area contributed by atoms with E-state index in [0.29, 0.717) is 28.1 Å². The monoisotopic (exact) mass is 324 g/mol. The first-order valence-corrected chi connectivity index (χ1v) is 7.24. The number of aliphatic hydroxyl groups is 1. The SMILES string of the molecule is COc1ccc(OC)c(/C(O)=C/c2nc3ccccc3[nH]c2=O)c1. The number of ether oxygens (including phenoxy) is 2. The molecule has 3 aromatic rings. The number of benzene rings is 2. The highest BCUT2D eigenvalue weighted by Crippen LogP contribution is 2.29. The van der Waals surface area contributed by atoms with Crippen molar-refractivity contribution in [3.63, 3.8) is 0 Å². The van der Waals surface area contributed by atoms with E-state index in [2.05, 4.69) is 9.97 Å². The van der Waals surface area contributed by atoms with Crippen molar-refractivity contribution < 1.29 is 14.6 Å². The van der Waals surface area contributed by atoms with Gasteiger partial charge in [0.25, 0.3) is 5.56 Å². The van der Waals surface area contributed by atoms with E-state index in [1.807, 2.05) is 12.1 Å². The number of aromatic nitrogens is 2. The van der Waals surface area contributed by atoms with E-state index in [4.69, 9.17) is 9.47 Å². The number of nitrogens with zero attached hydrogens (tertiary/aromatic N) is 1. The zero-order chi connectivity index (χ0) is 17.1. The van der Waals surface area contributed by atoms with Crippen molar-refractivity contribution >= 4 is 22.9 Å². The normalized spacial score (nSPS) is 11.5. The summed E-state index contributed by atoms with van der Waals surface area (Å²) in [5.41, 5.74) is 1.40. The van der Waals surface area contributed by atoms with Gasteiger partial charge in [0, 0.05) is 6.08 Å². The predicted octanol–water partition coefficient (Wildman–Crippen LogP) is 3.00. The number of para-hydroxylation sites is 2. The lowest BCUT2D eigenvalue weighted by molar-refractivity contribution is 0.398. The summed E-state index contributed by atoms with van der Waals surface area (Å²) in [4.78, 5) is 19.2. The molecule has 0 spiro atoms. The van der Waals surface area contributed by atoms with Crippen LogP contribution in [0.3, 0.4) is 0 Å². The quantitative estimate of drug-likeness (QED) is 0.721. The molecule has 3 rings (SSSR count). The van der Waals surface area contributed by atoms with Gasteiger partial charge in [0.15, 0.2) is 0 Å². The van der Waals surface area contributed by atoms with Gasteiger partial charge in [-0.15, -0.1) is 0 Å². The molecule has 0 saturated carbocycles. The molecule has 6 heteroatoms. The Morgan fingerprint density at radius 2 is 1.96 bits per heavy atom. The molecule has 0 amide bonds. The highest BCUT2D eigenvalue weighted by molar-refractivity contribution is 5.81. The number of hydrogen-bond acceptors (Lipinski definition) is 5. The fraction of sp³-hybridized carbons (Fsp3) is 0.111. The molecule has 122 valence electrons. The minimum absolute atomic E-state index is 0.107. The minimum Gasteiger partial charge on any atom is -0.507 e. The summed E-state index contributed by atoms with van der Waals surface area (Å²) in [7, 11) is 3.03. The van der Waals surface area contributed by atoms with Crippen LogP contribution in [0, 0.1) is 0 Å². The zero-order valence-corrected chi connectivity index (χ0v) is 13.2. The van der Waals surface area contributed by atoms with E-state index in [-0.39, 0.29) is 17.0 Å². The molecule has 0 aliphatic carbocycles. The molecular weight excluding hydrogens is 308 g/mol. The summed E-state index contributed by atoms with van der Waals surface area (Å²) >= 11 is 0. The molecule has 0 aliphatic heterocycles. The summed E-state index contributed by atoms with van der Waals surface area (Å²) < 4.78 is 10.4. The first-order chi connectivity index (χ1) is 11.6. The third-order valence-corrected chi connectivity index (χ3v) is 3.58. The van der Waals surface area contributed by atoms with Crippen molar-refractivity contribution in [2.75, 3.05) is 14.2 Å². The lowest BCUT2D eigenvalue weighted by Crippen LogP contribution is -2.12. The van der Waals surface area contributed by atoms with Gasteiger partial charge in [-0.05, 0) is 30.3 Å². The van der Waals surface area contributed by atoms with Crippen molar-refractivity contribution in [1.82, 2.24) is 9.97 Å². The van der Waals surface area contributed by atoms with Gasteiger partial charge in [-0.3, -0.25) is 4.79 Å². The Kier molecular flexibility index (Phi) is 4.20. The van der Waals surface area contributed by atoms with Gasteiger partial charge >= 0.3 is 0 Å². The van der Waals surface area contributed by atoms with Crippen LogP contribution in [0.1, 0.15) is 11.3 Å². The molecular formula is C18H16N2O4. The summed E-state index contributed by atoms with van der Waals surface area (Å²) in [6.45, 7) is 0. The summed E-state index contributed by atoms with van der Waals surface area (Å²) in [6, 6.07) is 12.2. The molecule has 24 heavy (non-hydrogen) atoms. The molecule has 0 aliphatic rings. The van der Waals surface area contributed by atoms with E-state index in [1.165, 1.54) is 20.3 Å². The smallest absolute Gasteiger partial charge is 0.274 e. The van der Waals surface area contributed by atoms with Crippen LogP contribution in [0.5, 0.6) is 11.5 Å².